The van der Waals surface area contributed by atoms with E-state index in [2.05, 4.69) is 0 Å². The van der Waals surface area contributed by atoms with Gasteiger partial charge in [0.1, 0.15) is 5.75 Å². The summed E-state index contributed by atoms with van der Waals surface area (Å²) >= 11 is 0. The summed E-state index contributed by atoms with van der Waals surface area (Å²) in [7, 11) is 3.34. The van der Waals surface area contributed by atoms with Crippen molar-refractivity contribution < 1.29 is 14.3 Å². The van der Waals surface area contributed by atoms with Crippen LogP contribution in [0.3, 0.4) is 0 Å². The van der Waals surface area contributed by atoms with Crippen molar-refractivity contribution in [3.05, 3.63) is 29.8 Å². The zero-order valence-electron chi connectivity index (χ0n) is 14.0. The molecule has 0 aromatic heterocycles. The van der Waals surface area contributed by atoms with Crippen LogP contribution in [0.1, 0.15) is 23.7 Å². The van der Waals surface area contributed by atoms with Gasteiger partial charge in [-0.25, -0.2) is 0 Å². The smallest absolute Gasteiger partial charge is 0.259 e. The summed E-state index contributed by atoms with van der Waals surface area (Å²) in [5, 5.41) is 0. The van der Waals surface area contributed by atoms with Crippen LogP contribution in [-0.2, 0) is 4.79 Å². The van der Waals surface area contributed by atoms with Crippen LogP contribution in [0.5, 0.6) is 5.75 Å². The molecule has 0 radical (unpaired) electrons. The quantitative estimate of drug-likeness (QED) is 0.877. The predicted molar refractivity (Wildman–Crippen MR) is 88.3 cm³/mol. The Kier molecular flexibility index (Phi) is 5.60. The van der Waals surface area contributed by atoms with Crippen LogP contribution in [0.4, 0.5) is 0 Å². The van der Waals surface area contributed by atoms with Gasteiger partial charge in [-0.3, -0.25) is 9.59 Å². The minimum Gasteiger partial charge on any atom is -0.483 e. The molecule has 1 heterocycles. The third-order valence-corrected chi connectivity index (χ3v) is 4.22. The maximum Gasteiger partial charge on any atom is 0.259 e. The van der Waals surface area contributed by atoms with E-state index in [0.29, 0.717) is 30.3 Å². The van der Waals surface area contributed by atoms with Crippen molar-refractivity contribution in [1.29, 1.82) is 0 Å². The normalized spacial score (nSPS) is 20.4. The highest BCUT2D eigenvalue weighted by Gasteiger charge is 2.33. The van der Waals surface area contributed by atoms with Gasteiger partial charge in [-0.15, -0.1) is 0 Å². The Morgan fingerprint density at radius 2 is 2.04 bits per heavy atom. The first-order valence-corrected chi connectivity index (χ1v) is 7.87. The van der Waals surface area contributed by atoms with Crippen molar-refractivity contribution in [3.8, 4) is 5.75 Å². The molecule has 0 bridgehead atoms. The van der Waals surface area contributed by atoms with Crippen LogP contribution in [0, 0.1) is 5.92 Å². The minimum atomic E-state index is -0.148. The lowest BCUT2D eigenvalue weighted by Crippen LogP contribution is -2.35. The van der Waals surface area contributed by atoms with E-state index in [4.69, 9.17) is 10.5 Å². The molecular weight excluding hydrogens is 294 g/mol. The standard InChI is InChI=1S/C17H25N3O3/c1-12-8-13(9-18)10-20(12)17(22)14-6-4-5-7-15(14)23-11-16(21)19(2)3/h4-7,12-13H,8-11,18H2,1-3H3. The molecule has 2 amide bonds. The van der Waals surface area contributed by atoms with Gasteiger partial charge < -0.3 is 20.3 Å². The zero-order valence-corrected chi connectivity index (χ0v) is 14.0. The third kappa shape index (κ3) is 4.01. The molecule has 1 aromatic carbocycles. The number of carbonyl (C=O) groups excluding carboxylic acids is 2. The number of ether oxygens (including phenoxy) is 1. The molecule has 1 saturated heterocycles. The molecular formula is C17H25N3O3. The Bertz CT molecular complexity index is 574. The maximum atomic E-state index is 12.8. The van der Waals surface area contributed by atoms with Crippen molar-refractivity contribution in [3.63, 3.8) is 0 Å². The summed E-state index contributed by atoms with van der Waals surface area (Å²) in [6.07, 6.45) is 0.921. The van der Waals surface area contributed by atoms with Gasteiger partial charge in [0.2, 0.25) is 0 Å². The summed E-state index contributed by atoms with van der Waals surface area (Å²) in [5.41, 5.74) is 6.22. The number of para-hydroxylation sites is 1. The van der Waals surface area contributed by atoms with Crippen molar-refractivity contribution in [2.24, 2.45) is 11.7 Å². The van der Waals surface area contributed by atoms with Gasteiger partial charge in [0.25, 0.3) is 11.8 Å². The number of carbonyl (C=O) groups is 2. The van der Waals surface area contributed by atoms with Gasteiger partial charge in [0.15, 0.2) is 6.61 Å². The number of hydrogen-bond acceptors (Lipinski definition) is 4. The highest BCUT2D eigenvalue weighted by molar-refractivity contribution is 5.97. The van der Waals surface area contributed by atoms with E-state index in [1.54, 1.807) is 38.4 Å². The molecule has 1 aliphatic heterocycles. The summed E-state index contributed by atoms with van der Waals surface area (Å²) in [6, 6.07) is 7.21. The highest BCUT2D eigenvalue weighted by Crippen LogP contribution is 2.27. The average Bonchev–Trinajstić information content (AvgIpc) is 2.93. The Morgan fingerprint density at radius 1 is 1.35 bits per heavy atom. The highest BCUT2D eigenvalue weighted by atomic mass is 16.5. The van der Waals surface area contributed by atoms with E-state index in [9.17, 15) is 9.59 Å². The second-order valence-electron chi connectivity index (χ2n) is 6.22. The first-order valence-electron chi connectivity index (χ1n) is 7.87. The van der Waals surface area contributed by atoms with Gasteiger partial charge in [-0.1, -0.05) is 12.1 Å². The monoisotopic (exact) mass is 319 g/mol. The number of rotatable bonds is 5. The lowest BCUT2D eigenvalue weighted by Gasteiger charge is -2.23. The Morgan fingerprint density at radius 3 is 2.65 bits per heavy atom. The number of likely N-dealkylation sites (N-methyl/N-ethyl adjacent to an activating group) is 1. The van der Waals surface area contributed by atoms with Gasteiger partial charge in [-0.05, 0) is 37.9 Å². The SMILES string of the molecule is CC1CC(CN)CN1C(=O)c1ccccc1OCC(=O)N(C)C. The maximum absolute atomic E-state index is 12.8. The summed E-state index contributed by atoms with van der Waals surface area (Å²) in [4.78, 5) is 27.8. The molecule has 1 fully saturated rings. The predicted octanol–water partition coefficient (Wildman–Crippen LogP) is 0.963. The summed E-state index contributed by atoms with van der Waals surface area (Å²) < 4.78 is 5.57. The second kappa shape index (κ2) is 7.46. The lowest BCUT2D eigenvalue weighted by molar-refractivity contribution is -0.130. The molecule has 2 atom stereocenters. The molecule has 1 aromatic rings. The molecule has 0 saturated carbocycles. The molecule has 126 valence electrons. The van der Waals surface area contributed by atoms with Crippen LogP contribution in [0.2, 0.25) is 0 Å². The fourth-order valence-electron chi connectivity index (χ4n) is 2.79. The van der Waals surface area contributed by atoms with Crippen molar-refractivity contribution in [2.75, 3.05) is 33.8 Å². The van der Waals surface area contributed by atoms with Crippen LogP contribution < -0.4 is 10.5 Å². The Labute approximate surface area is 137 Å². The number of likely N-dealkylation sites (tertiary alicyclic amines) is 1. The fraction of sp³-hybridized carbons (Fsp3) is 0.529. The lowest BCUT2D eigenvalue weighted by atomic mass is 10.1. The third-order valence-electron chi connectivity index (χ3n) is 4.22. The first kappa shape index (κ1) is 17.3. The molecule has 23 heavy (non-hydrogen) atoms. The zero-order chi connectivity index (χ0) is 17.0. The number of nitrogens with two attached hydrogens (primary N) is 1. The van der Waals surface area contributed by atoms with Gasteiger partial charge >= 0.3 is 0 Å². The number of nitrogens with zero attached hydrogens (tertiary/aromatic N) is 2. The summed E-state index contributed by atoms with van der Waals surface area (Å²) in [6.45, 7) is 3.20. The van der Waals surface area contributed by atoms with E-state index in [0.717, 1.165) is 6.42 Å². The molecule has 2 rings (SSSR count). The van der Waals surface area contributed by atoms with Gasteiger partial charge in [-0.2, -0.15) is 0 Å². The molecule has 2 N–H and O–H groups in total. The molecule has 0 aliphatic carbocycles. The Hall–Kier alpha value is -2.08. The van der Waals surface area contributed by atoms with Crippen LogP contribution in [0.15, 0.2) is 24.3 Å². The van der Waals surface area contributed by atoms with E-state index in [1.807, 2.05) is 11.8 Å². The van der Waals surface area contributed by atoms with Crippen molar-refractivity contribution in [2.45, 2.75) is 19.4 Å². The van der Waals surface area contributed by atoms with E-state index in [1.165, 1.54) is 4.90 Å². The first-order chi connectivity index (χ1) is 10.9. The molecule has 2 unspecified atom stereocenters. The van der Waals surface area contributed by atoms with Crippen molar-refractivity contribution in [1.82, 2.24) is 9.80 Å². The van der Waals surface area contributed by atoms with E-state index >= 15 is 0 Å². The topological polar surface area (TPSA) is 75.9 Å². The Balaban J connectivity index is 2.13. The van der Waals surface area contributed by atoms with Gasteiger partial charge in [0, 0.05) is 26.7 Å². The summed E-state index contributed by atoms with van der Waals surface area (Å²) in [5.74, 6) is 0.569. The molecule has 6 nitrogen and oxygen atoms in total. The number of hydrogen-bond donors (Lipinski definition) is 1. The second-order valence-corrected chi connectivity index (χ2v) is 6.22. The van der Waals surface area contributed by atoms with Crippen LogP contribution in [0.25, 0.3) is 0 Å². The van der Waals surface area contributed by atoms with Crippen LogP contribution >= 0.6 is 0 Å². The largest absolute Gasteiger partial charge is 0.483 e. The number of amides is 2. The molecule has 0 spiro atoms. The number of benzene rings is 1. The molecule has 1 aliphatic rings. The van der Waals surface area contributed by atoms with Crippen molar-refractivity contribution >= 4 is 11.8 Å². The minimum absolute atomic E-state index is 0.0682. The van der Waals surface area contributed by atoms with Gasteiger partial charge in [0.05, 0.1) is 5.56 Å². The average molecular weight is 319 g/mol. The van der Waals surface area contributed by atoms with E-state index in [-0.39, 0.29) is 24.5 Å². The van der Waals surface area contributed by atoms with Crippen LogP contribution in [-0.4, -0.2) is 61.4 Å². The molecule has 6 heteroatoms. The fourth-order valence-corrected chi connectivity index (χ4v) is 2.79. The van der Waals surface area contributed by atoms with E-state index < -0.39 is 0 Å².